The summed E-state index contributed by atoms with van der Waals surface area (Å²) < 4.78 is 16.2. The van der Waals surface area contributed by atoms with Crippen LogP contribution in [0.4, 0.5) is 5.82 Å². The molecule has 0 aliphatic rings. The van der Waals surface area contributed by atoms with Gasteiger partial charge in [0.25, 0.3) is 0 Å². The molecule has 0 aliphatic heterocycles. The maximum atomic E-state index is 5.76. The molecule has 1 N–H and O–H groups in total. The van der Waals surface area contributed by atoms with Gasteiger partial charge in [0.15, 0.2) is 0 Å². The van der Waals surface area contributed by atoms with Gasteiger partial charge in [0.1, 0.15) is 29.7 Å². The second kappa shape index (κ2) is 7.38. The van der Waals surface area contributed by atoms with Crippen LogP contribution < -0.4 is 19.5 Å². The van der Waals surface area contributed by atoms with Crippen molar-refractivity contribution in [1.29, 1.82) is 0 Å². The van der Waals surface area contributed by atoms with Crippen LogP contribution in [-0.2, 0) is 6.61 Å². The normalized spacial score (nSPS) is 10.0. The number of benzene rings is 1. The first-order valence-corrected chi connectivity index (χ1v) is 6.79. The molecule has 1 aromatic carbocycles. The minimum absolute atomic E-state index is 0.440. The van der Waals surface area contributed by atoms with Crippen LogP contribution in [0.25, 0.3) is 0 Å². The third kappa shape index (κ3) is 4.27. The van der Waals surface area contributed by atoms with Gasteiger partial charge in [-0.15, -0.1) is 0 Å². The lowest BCUT2D eigenvalue weighted by Crippen LogP contribution is -2.01. The number of anilines is 1. The number of nitrogens with one attached hydrogen (secondary N) is 1. The topological polar surface area (TPSA) is 52.6 Å². The molecule has 0 spiro atoms. The molecule has 0 bridgehead atoms. The van der Waals surface area contributed by atoms with E-state index in [1.807, 2.05) is 31.2 Å². The average Bonchev–Trinajstić information content (AvgIpc) is 2.54. The number of methoxy groups -OCH3 is 2. The highest BCUT2D eigenvalue weighted by Crippen LogP contribution is 2.27. The van der Waals surface area contributed by atoms with Gasteiger partial charge in [-0.05, 0) is 13.0 Å². The highest BCUT2D eigenvalue weighted by molar-refractivity contribution is 5.42. The number of hydrogen-bond donors (Lipinski definition) is 1. The van der Waals surface area contributed by atoms with Crippen LogP contribution in [-0.4, -0.2) is 25.7 Å². The smallest absolute Gasteiger partial charge is 0.127 e. The van der Waals surface area contributed by atoms with Gasteiger partial charge in [-0.2, -0.15) is 0 Å². The number of nitrogens with zero attached hydrogens (tertiary/aromatic N) is 1. The molecular weight excluding hydrogens is 268 g/mol. The van der Waals surface area contributed by atoms with Gasteiger partial charge in [-0.25, -0.2) is 4.98 Å². The second-order valence-corrected chi connectivity index (χ2v) is 4.42. The lowest BCUT2D eigenvalue weighted by atomic mass is 10.3. The van der Waals surface area contributed by atoms with Crippen LogP contribution >= 0.6 is 0 Å². The van der Waals surface area contributed by atoms with Gasteiger partial charge < -0.3 is 19.5 Å². The summed E-state index contributed by atoms with van der Waals surface area (Å²) in [7, 11) is 3.23. The highest BCUT2D eigenvalue weighted by atomic mass is 16.5. The molecule has 0 unspecified atom stereocenters. The number of pyridine rings is 1. The molecule has 0 saturated heterocycles. The molecule has 0 fully saturated rings. The van der Waals surface area contributed by atoms with Crippen LogP contribution in [0.3, 0.4) is 0 Å². The monoisotopic (exact) mass is 288 g/mol. The van der Waals surface area contributed by atoms with Crippen LogP contribution in [0.2, 0.25) is 0 Å². The summed E-state index contributed by atoms with van der Waals surface area (Å²) in [6.45, 7) is 3.33. The van der Waals surface area contributed by atoms with Gasteiger partial charge in [0, 0.05) is 36.5 Å². The first kappa shape index (κ1) is 15.0. The van der Waals surface area contributed by atoms with Gasteiger partial charge in [-0.3, -0.25) is 0 Å². The Kier molecular flexibility index (Phi) is 5.26. The van der Waals surface area contributed by atoms with Crippen LogP contribution in [0.1, 0.15) is 12.5 Å². The first-order chi connectivity index (χ1) is 10.2. The molecule has 2 rings (SSSR count). The van der Waals surface area contributed by atoms with E-state index in [1.54, 1.807) is 26.5 Å². The summed E-state index contributed by atoms with van der Waals surface area (Å²) in [6.07, 6.45) is 1.80. The summed E-state index contributed by atoms with van der Waals surface area (Å²) in [5.41, 5.74) is 0.999. The fourth-order valence-corrected chi connectivity index (χ4v) is 1.83. The Balaban J connectivity index is 2.01. The largest absolute Gasteiger partial charge is 0.496 e. The first-order valence-electron chi connectivity index (χ1n) is 6.79. The van der Waals surface area contributed by atoms with E-state index in [0.29, 0.717) is 23.9 Å². The van der Waals surface area contributed by atoms with Crippen molar-refractivity contribution in [2.45, 2.75) is 13.5 Å². The third-order valence-electron chi connectivity index (χ3n) is 2.91. The predicted molar refractivity (Wildman–Crippen MR) is 82.3 cm³/mol. The molecule has 0 saturated carbocycles. The number of ether oxygens (including phenoxy) is 3. The van der Waals surface area contributed by atoms with E-state index >= 15 is 0 Å². The zero-order valence-electron chi connectivity index (χ0n) is 12.6. The standard InChI is InChI=1S/C16H20N2O3/c1-4-17-16-6-5-12(10-18-16)11-21-15-8-13(19-2)7-14(9-15)20-3/h5-10H,4,11H2,1-3H3,(H,17,18). The molecule has 21 heavy (non-hydrogen) atoms. The number of rotatable bonds is 7. The Bertz CT molecular complexity index is 548. The quantitative estimate of drug-likeness (QED) is 0.848. The second-order valence-electron chi connectivity index (χ2n) is 4.42. The van der Waals surface area contributed by atoms with E-state index < -0.39 is 0 Å². The van der Waals surface area contributed by atoms with Crippen molar-refractivity contribution in [2.24, 2.45) is 0 Å². The van der Waals surface area contributed by atoms with Crippen LogP contribution in [0.15, 0.2) is 36.5 Å². The Morgan fingerprint density at radius 2 is 1.67 bits per heavy atom. The van der Waals surface area contributed by atoms with E-state index in [2.05, 4.69) is 10.3 Å². The molecule has 0 radical (unpaired) electrons. The molecule has 0 aliphatic carbocycles. The SMILES string of the molecule is CCNc1ccc(COc2cc(OC)cc(OC)c2)cn1. The molecule has 5 nitrogen and oxygen atoms in total. The minimum atomic E-state index is 0.440. The molecule has 0 amide bonds. The van der Waals surface area contributed by atoms with Crippen molar-refractivity contribution in [3.8, 4) is 17.2 Å². The molecular formula is C16H20N2O3. The van der Waals surface area contributed by atoms with E-state index in [0.717, 1.165) is 17.9 Å². The Morgan fingerprint density at radius 3 is 2.19 bits per heavy atom. The van der Waals surface area contributed by atoms with E-state index in [4.69, 9.17) is 14.2 Å². The van der Waals surface area contributed by atoms with Gasteiger partial charge in [0.05, 0.1) is 14.2 Å². The molecule has 1 aromatic heterocycles. The average molecular weight is 288 g/mol. The lowest BCUT2D eigenvalue weighted by molar-refractivity contribution is 0.300. The van der Waals surface area contributed by atoms with Crippen molar-refractivity contribution in [2.75, 3.05) is 26.1 Å². The third-order valence-corrected chi connectivity index (χ3v) is 2.91. The van der Waals surface area contributed by atoms with Crippen molar-refractivity contribution in [1.82, 2.24) is 4.98 Å². The maximum Gasteiger partial charge on any atom is 0.127 e. The summed E-state index contributed by atoms with van der Waals surface area (Å²) in [6, 6.07) is 9.38. The van der Waals surface area contributed by atoms with Gasteiger partial charge >= 0.3 is 0 Å². The van der Waals surface area contributed by atoms with Crippen molar-refractivity contribution in [3.63, 3.8) is 0 Å². The Morgan fingerprint density at radius 1 is 1.00 bits per heavy atom. The van der Waals surface area contributed by atoms with E-state index in [9.17, 15) is 0 Å². The molecule has 1 heterocycles. The summed E-state index contributed by atoms with van der Waals surface area (Å²) in [5.74, 6) is 2.96. The minimum Gasteiger partial charge on any atom is -0.496 e. The van der Waals surface area contributed by atoms with Crippen molar-refractivity contribution in [3.05, 3.63) is 42.1 Å². The molecule has 5 heteroatoms. The van der Waals surface area contributed by atoms with Gasteiger partial charge in [0.2, 0.25) is 0 Å². The fraction of sp³-hybridized carbons (Fsp3) is 0.312. The highest BCUT2D eigenvalue weighted by Gasteiger charge is 2.03. The lowest BCUT2D eigenvalue weighted by Gasteiger charge is -2.10. The summed E-state index contributed by atoms with van der Waals surface area (Å²) >= 11 is 0. The molecule has 0 atom stereocenters. The fourth-order valence-electron chi connectivity index (χ4n) is 1.83. The van der Waals surface area contributed by atoms with E-state index in [1.165, 1.54) is 0 Å². The molecule has 2 aromatic rings. The summed E-state index contributed by atoms with van der Waals surface area (Å²) in [5, 5.41) is 3.15. The van der Waals surface area contributed by atoms with E-state index in [-0.39, 0.29) is 0 Å². The number of aromatic nitrogens is 1. The van der Waals surface area contributed by atoms with Crippen LogP contribution in [0, 0.1) is 0 Å². The zero-order chi connectivity index (χ0) is 15.1. The number of hydrogen-bond acceptors (Lipinski definition) is 5. The molecule has 112 valence electrons. The van der Waals surface area contributed by atoms with Gasteiger partial charge in [-0.1, -0.05) is 6.07 Å². The Labute approximate surface area is 124 Å². The summed E-state index contributed by atoms with van der Waals surface area (Å²) in [4.78, 5) is 4.31. The van der Waals surface area contributed by atoms with Crippen molar-refractivity contribution < 1.29 is 14.2 Å². The Hall–Kier alpha value is -2.43. The maximum absolute atomic E-state index is 5.76. The zero-order valence-corrected chi connectivity index (χ0v) is 12.6. The van der Waals surface area contributed by atoms with Crippen LogP contribution in [0.5, 0.6) is 17.2 Å². The predicted octanol–water partition coefficient (Wildman–Crippen LogP) is 3.11. The van der Waals surface area contributed by atoms with Crippen molar-refractivity contribution >= 4 is 5.82 Å².